The molecule has 0 aromatic heterocycles. The summed E-state index contributed by atoms with van der Waals surface area (Å²) in [6, 6.07) is 18.4. The number of hydrogen-bond donors (Lipinski definition) is 0. The molecule has 2 aliphatic heterocycles. The molecule has 2 aliphatic rings. The lowest BCUT2D eigenvalue weighted by atomic mass is 10.0. The molecule has 0 amide bonds. The molecular weight excluding hydrogens is 484 g/mol. The van der Waals surface area contributed by atoms with E-state index in [0.717, 1.165) is 62.6 Å². The molecule has 0 bridgehead atoms. The molecule has 1 atom stereocenters. The number of alkyl halides is 2. The summed E-state index contributed by atoms with van der Waals surface area (Å²) in [4.78, 5) is 2.56. The highest BCUT2D eigenvalue weighted by atomic mass is 32.2. The van der Waals surface area contributed by atoms with E-state index in [1.807, 2.05) is 30.1 Å². The molecule has 0 saturated carbocycles. The van der Waals surface area contributed by atoms with Crippen LogP contribution in [0.15, 0.2) is 64.8 Å². The Balaban J connectivity index is 1.35. The maximum atomic E-state index is 12.9. The highest BCUT2D eigenvalue weighted by molar-refractivity contribution is 8.15. The third kappa shape index (κ3) is 7.22. The van der Waals surface area contributed by atoms with Crippen molar-refractivity contribution >= 4 is 45.6 Å². The molecule has 188 valence electrons. The summed E-state index contributed by atoms with van der Waals surface area (Å²) in [6.07, 6.45) is 0.836. The molecule has 1 unspecified atom stereocenters. The van der Waals surface area contributed by atoms with Crippen molar-refractivity contribution in [3.63, 3.8) is 0 Å². The first-order chi connectivity index (χ1) is 17.0. The van der Waals surface area contributed by atoms with Gasteiger partial charge in [0.1, 0.15) is 5.71 Å². The van der Waals surface area contributed by atoms with E-state index in [4.69, 9.17) is 0 Å². The second-order valence-corrected chi connectivity index (χ2v) is 11.3. The van der Waals surface area contributed by atoms with Crippen molar-refractivity contribution in [2.24, 2.45) is 10.2 Å². The predicted molar refractivity (Wildman–Crippen MR) is 149 cm³/mol. The molecule has 0 N–H and O–H groups in total. The topological polar surface area (TPSA) is 34.4 Å². The van der Waals surface area contributed by atoms with Crippen molar-refractivity contribution in [1.82, 2.24) is 9.21 Å². The molecule has 2 aromatic carbocycles. The van der Waals surface area contributed by atoms with Gasteiger partial charge < -0.3 is 9.21 Å². The Kier molecular flexibility index (Phi) is 9.48. The normalized spacial score (nSPS) is 17.9. The van der Waals surface area contributed by atoms with Crippen molar-refractivity contribution in [1.29, 1.82) is 0 Å². The molecule has 35 heavy (non-hydrogen) atoms. The molecule has 0 aliphatic carbocycles. The second-order valence-electron chi connectivity index (χ2n) is 8.66. The van der Waals surface area contributed by atoms with Crippen molar-refractivity contribution < 1.29 is 8.78 Å². The van der Waals surface area contributed by atoms with Gasteiger partial charge in [0.15, 0.2) is 0 Å². The van der Waals surface area contributed by atoms with E-state index in [-0.39, 0.29) is 22.8 Å². The maximum absolute atomic E-state index is 12.9. The van der Waals surface area contributed by atoms with Crippen LogP contribution in [0.5, 0.6) is 0 Å². The van der Waals surface area contributed by atoms with Crippen LogP contribution in [0.25, 0.3) is 0 Å². The lowest BCUT2D eigenvalue weighted by Gasteiger charge is -2.33. The number of piperazine rings is 1. The van der Waals surface area contributed by atoms with Crippen LogP contribution in [0.3, 0.4) is 0 Å². The van der Waals surface area contributed by atoms with Gasteiger partial charge in [-0.05, 0) is 42.5 Å². The number of hydrogen-bond acceptors (Lipinski definition) is 6. The SMILES string of the molecule is C=S(CCCN1CCN(SC)CC1)N(Cc1ccc(C2=NN=C(C(F)F)C2)cc1)c1ccccc1. The summed E-state index contributed by atoms with van der Waals surface area (Å²) in [6.45, 7) is 6.39. The first kappa shape index (κ1) is 26.0. The van der Waals surface area contributed by atoms with Gasteiger partial charge in [-0.1, -0.05) is 60.3 Å². The number of benzene rings is 2. The van der Waals surface area contributed by atoms with E-state index < -0.39 is 6.43 Å². The fourth-order valence-corrected chi connectivity index (χ4v) is 6.21. The van der Waals surface area contributed by atoms with Gasteiger partial charge in [-0.15, -0.1) is 10.7 Å². The summed E-state index contributed by atoms with van der Waals surface area (Å²) >= 11 is 1.84. The monoisotopic (exact) mass is 517 g/mol. The highest BCUT2D eigenvalue weighted by Gasteiger charge is 2.22. The van der Waals surface area contributed by atoms with Crippen LogP contribution < -0.4 is 4.31 Å². The third-order valence-corrected chi connectivity index (χ3v) is 8.92. The van der Waals surface area contributed by atoms with Gasteiger partial charge in [-0.2, -0.15) is 10.2 Å². The summed E-state index contributed by atoms with van der Waals surface area (Å²) in [5, 5.41) is 7.58. The van der Waals surface area contributed by atoms with Crippen LogP contribution in [-0.2, 0) is 6.54 Å². The number of para-hydroxylation sites is 1. The number of anilines is 1. The van der Waals surface area contributed by atoms with Crippen molar-refractivity contribution in [3.8, 4) is 0 Å². The standard InChI is InChI=1S/C26H33F2N5S2/c1-34-32-16-14-31(15-17-32)13-6-18-35(2)33(23-7-4-3-5-8-23)20-21-9-11-22(12-10-21)24-19-25(26(27)28)30-29-24/h3-5,7-12,26H,2,6,13-20H2,1H3. The minimum atomic E-state index is -2.55. The minimum Gasteiger partial charge on any atom is -0.318 e. The van der Waals surface area contributed by atoms with Crippen molar-refractivity contribution in [2.45, 2.75) is 25.8 Å². The smallest absolute Gasteiger partial charge is 0.278 e. The zero-order valence-electron chi connectivity index (χ0n) is 20.2. The summed E-state index contributed by atoms with van der Waals surface area (Å²) in [5.74, 6) is 5.58. The molecular formula is C26H33F2N5S2. The molecule has 5 nitrogen and oxygen atoms in total. The number of nitrogens with zero attached hydrogens (tertiary/aromatic N) is 5. The maximum Gasteiger partial charge on any atom is 0.278 e. The van der Waals surface area contributed by atoms with Gasteiger partial charge in [0.05, 0.1) is 12.3 Å². The fraction of sp³-hybridized carbons (Fsp3) is 0.423. The van der Waals surface area contributed by atoms with Crippen LogP contribution in [0.2, 0.25) is 0 Å². The van der Waals surface area contributed by atoms with Gasteiger partial charge in [-0.3, -0.25) is 0 Å². The lowest BCUT2D eigenvalue weighted by molar-refractivity contribution is 0.197. The quantitative estimate of drug-likeness (QED) is 0.295. The van der Waals surface area contributed by atoms with Crippen LogP contribution >= 0.6 is 22.6 Å². The lowest BCUT2D eigenvalue weighted by Crippen LogP contribution is -2.43. The number of halogens is 2. The van der Waals surface area contributed by atoms with Gasteiger partial charge in [0, 0.05) is 44.0 Å². The van der Waals surface area contributed by atoms with E-state index in [1.165, 1.54) is 5.69 Å². The Bertz CT molecular complexity index is 1040. The Hall–Kier alpha value is -2.07. The highest BCUT2D eigenvalue weighted by Crippen LogP contribution is 2.30. The molecule has 1 saturated heterocycles. The molecule has 4 rings (SSSR count). The predicted octanol–water partition coefficient (Wildman–Crippen LogP) is 5.41. The zero-order valence-corrected chi connectivity index (χ0v) is 21.8. The Morgan fingerprint density at radius 3 is 2.37 bits per heavy atom. The Labute approximate surface area is 214 Å². The average Bonchev–Trinajstić information content (AvgIpc) is 3.39. The van der Waals surface area contributed by atoms with Crippen molar-refractivity contribution in [3.05, 3.63) is 65.7 Å². The van der Waals surface area contributed by atoms with E-state index in [2.05, 4.69) is 72.2 Å². The summed E-state index contributed by atoms with van der Waals surface area (Å²) < 4.78 is 30.6. The molecule has 0 radical (unpaired) electrons. The average molecular weight is 518 g/mol. The van der Waals surface area contributed by atoms with E-state index in [0.29, 0.717) is 5.71 Å². The van der Waals surface area contributed by atoms with Crippen LogP contribution in [0, 0.1) is 0 Å². The summed E-state index contributed by atoms with van der Waals surface area (Å²) in [7, 11) is -0.173. The summed E-state index contributed by atoms with van der Waals surface area (Å²) in [5.41, 5.74) is 3.60. The van der Waals surface area contributed by atoms with Crippen LogP contribution in [-0.4, -0.2) is 77.7 Å². The van der Waals surface area contributed by atoms with E-state index in [1.54, 1.807) is 0 Å². The Morgan fingerprint density at radius 1 is 1.03 bits per heavy atom. The third-order valence-electron chi connectivity index (χ3n) is 6.31. The fourth-order valence-electron chi connectivity index (χ4n) is 4.24. The van der Waals surface area contributed by atoms with Gasteiger partial charge in [-0.25, -0.2) is 13.1 Å². The molecule has 0 spiro atoms. The first-order valence-corrected chi connectivity index (χ1v) is 14.6. The first-order valence-electron chi connectivity index (χ1n) is 11.9. The van der Waals surface area contributed by atoms with Gasteiger partial charge in [0.25, 0.3) is 6.43 Å². The zero-order chi connectivity index (χ0) is 24.6. The molecule has 9 heteroatoms. The van der Waals surface area contributed by atoms with Crippen LogP contribution in [0.1, 0.15) is 24.0 Å². The van der Waals surface area contributed by atoms with Gasteiger partial charge in [0.2, 0.25) is 0 Å². The molecule has 2 aromatic rings. The van der Waals surface area contributed by atoms with E-state index >= 15 is 0 Å². The molecule has 1 fully saturated rings. The van der Waals surface area contributed by atoms with E-state index in [9.17, 15) is 8.78 Å². The second kappa shape index (κ2) is 12.8. The van der Waals surface area contributed by atoms with Crippen molar-refractivity contribution in [2.75, 3.05) is 49.0 Å². The largest absolute Gasteiger partial charge is 0.318 e. The number of rotatable bonds is 11. The van der Waals surface area contributed by atoms with Gasteiger partial charge >= 0.3 is 0 Å². The Morgan fingerprint density at radius 2 is 1.74 bits per heavy atom. The van der Waals surface area contributed by atoms with Crippen LogP contribution in [0.4, 0.5) is 14.5 Å². The molecule has 2 heterocycles. The minimum absolute atomic E-state index is 0.113.